The molecule has 3 rings (SSSR count). The van der Waals surface area contributed by atoms with Gasteiger partial charge in [-0.2, -0.15) is 0 Å². The average molecular weight is 352 g/mol. The molecule has 2 aromatic rings. The van der Waals surface area contributed by atoms with Crippen molar-refractivity contribution in [1.82, 2.24) is 4.90 Å². The molecule has 0 saturated heterocycles. The lowest BCUT2D eigenvalue weighted by Crippen LogP contribution is -2.34. The molecule has 0 bridgehead atoms. The molecule has 0 aromatic heterocycles. The van der Waals surface area contributed by atoms with Crippen LogP contribution in [0.15, 0.2) is 42.5 Å². The third kappa shape index (κ3) is 2.79. The van der Waals surface area contributed by atoms with E-state index < -0.39 is 17.7 Å². The molecule has 26 heavy (non-hydrogen) atoms. The number of fused-ring (bicyclic) bond motifs is 1. The Morgan fingerprint density at radius 3 is 2.50 bits per heavy atom. The lowest BCUT2D eigenvalue weighted by molar-refractivity contribution is -0.121. The Labute approximate surface area is 149 Å². The minimum absolute atomic E-state index is 0.0539. The maximum atomic E-state index is 12.5. The quantitative estimate of drug-likeness (QED) is 0.514. The summed E-state index contributed by atoms with van der Waals surface area (Å²) >= 11 is 0. The van der Waals surface area contributed by atoms with Crippen LogP contribution in [0.5, 0.6) is 11.5 Å². The Hall–Kier alpha value is -3.61. The van der Waals surface area contributed by atoms with E-state index in [0.717, 1.165) is 6.08 Å². The van der Waals surface area contributed by atoms with Crippen molar-refractivity contribution in [3.63, 3.8) is 0 Å². The molecule has 0 saturated carbocycles. The van der Waals surface area contributed by atoms with Crippen LogP contribution in [0.25, 0.3) is 6.08 Å². The molecular formula is C19H16N2O5. The molecule has 2 N–H and O–H groups in total. The van der Waals surface area contributed by atoms with E-state index in [2.05, 4.69) is 0 Å². The fourth-order valence-corrected chi connectivity index (χ4v) is 2.72. The van der Waals surface area contributed by atoms with Gasteiger partial charge >= 0.3 is 0 Å². The van der Waals surface area contributed by atoms with Gasteiger partial charge in [-0.3, -0.25) is 14.4 Å². The smallest absolute Gasteiger partial charge is 0.270 e. The molecule has 132 valence electrons. The highest BCUT2D eigenvalue weighted by Gasteiger charge is 2.40. The minimum Gasteiger partial charge on any atom is -0.497 e. The highest BCUT2D eigenvalue weighted by molar-refractivity contribution is 6.32. The summed E-state index contributed by atoms with van der Waals surface area (Å²) in [5.41, 5.74) is 6.66. The van der Waals surface area contributed by atoms with E-state index in [-0.39, 0.29) is 16.8 Å². The summed E-state index contributed by atoms with van der Waals surface area (Å²) in [4.78, 5) is 37.8. The number of methoxy groups -OCH3 is 2. The number of carbonyl (C=O) groups is 3. The van der Waals surface area contributed by atoms with Gasteiger partial charge in [0, 0.05) is 17.3 Å². The number of hydrogen-bond acceptors (Lipinski definition) is 6. The minimum atomic E-state index is -0.763. The Kier molecular flexibility index (Phi) is 4.45. The molecule has 7 nitrogen and oxygen atoms in total. The topological polar surface area (TPSA) is 98.9 Å². The number of ether oxygens (including phenoxy) is 2. The number of amides is 3. The second kappa shape index (κ2) is 6.72. The molecular weight excluding hydrogens is 336 g/mol. The highest BCUT2D eigenvalue weighted by Crippen LogP contribution is 2.29. The van der Waals surface area contributed by atoms with E-state index in [1.165, 1.54) is 32.4 Å². The monoisotopic (exact) mass is 352 g/mol. The normalized spacial score (nSPS) is 13.2. The zero-order chi connectivity index (χ0) is 18.8. The van der Waals surface area contributed by atoms with E-state index in [9.17, 15) is 14.4 Å². The van der Waals surface area contributed by atoms with Crippen LogP contribution in [0.2, 0.25) is 0 Å². The molecule has 1 aliphatic rings. The first-order valence-electron chi connectivity index (χ1n) is 7.69. The van der Waals surface area contributed by atoms with Gasteiger partial charge in [-0.25, -0.2) is 4.90 Å². The van der Waals surface area contributed by atoms with Crippen molar-refractivity contribution in [2.75, 3.05) is 20.0 Å². The van der Waals surface area contributed by atoms with Crippen molar-refractivity contribution >= 4 is 29.5 Å². The first kappa shape index (κ1) is 17.2. The van der Waals surface area contributed by atoms with Crippen LogP contribution in [0, 0.1) is 0 Å². The van der Waals surface area contributed by atoms with Crippen molar-refractivity contribution in [3.8, 4) is 11.5 Å². The van der Waals surface area contributed by atoms with Gasteiger partial charge in [-0.15, -0.1) is 0 Å². The molecule has 0 atom stereocenters. The Balaban J connectivity index is 1.90. The number of rotatable bonds is 4. The van der Waals surface area contributed by atoms with Gasteiger partial charge in [0.15, 0.2) is 0 Å². The summed E-state index contributed by atoms with van der Waals surface area (Å²) in [5, 5.41) is 0. The first-order valence-corrected chi connectivity index (χ1v) is 7.69. The van der Waals surface area contributed by atoms with Crippen molar-refractivity contribution in [1.29, 1.82) is 0 Å². The number of imide groups is 3. The molecule has 0 spiro atoms. The summed E-state index contributed by atoms with van der Waals surface area (Å²) in [6.45, 7) is 0. The number of hydrogen-bond donors (Lipinski definition) is 1. The number of nitrogens with zero attached hydrogens (tertiary/aromatic N) is 1. The number of anilines is 1. The van der Waals surface area contributed by atoms with Crippen molar-refractivity contribution in [2.24, 2.45) is 0 Å². The summed E-state index contributed by atoms with van der Waals surface area (Å²) in [5.74, 6) is -1.09. The molecule has 0 aliphatic carbocycles. The van der Waals surface area contributed by atoms with Crippen LogP contribution in [0.1, 0.15) is 26.3 Å². The Bertz CT molecular complexity index is 949. The van der Waals surface area contributed by atoms with Crippen molar-refractivity contribution in [2.45, 2.75) is 0 Å². The molecule has 0 unspecified atom stereocenters. The van der Waals surface area contributed by atoms with Crippen LogP contribution in [-0.2, 0) is 4.79 Å². The summed E-state index contributed by atoms with van der Waals surface area (Å²) in [7, 11) is 3.01. The first-order chi connectivity index (χ1) is 12.5. The second-order valence-electron chi connectivity index (χ2n) is 5.49. The van der Waals surface area contributed by atoms with E-state index in [1.807, 2.05) is 0 Å². The van der Waals surface area contributed by atoms with Crippen LogP contribution < -0.4 is 15.2 Å². The molecule has 0 fully saturated rings. The van der Waals surface area contributed by atoms with Gasteiger partial charge in [0.05, 0.1) is 25.3 Å². The van der Waals surface area contributed by atoms with Gasteiger partial charge in [0.25, 0.3) is 17.7 Å². The van der Waals surface area contributed by atoms with E-state index in [1.54, 1.807) is 24.3 Å². The molecule has 1 aliphatic heterocycles. The molecule has 2 aromatic carbocycles. The predicted octanol–water partition coefficient (Wildman–Crippen LogP) is 2.12. The maximum absolute atomic E-state index is 12.5. The third-order valence-electron chi connectivity index (χ3n) is 4.01. The number of nitrogen functional groups attached to an aromatic ring is 1. The van der Waals surface area contributed by atoms with Crippen LogP contribution in [0.4, 0.5) is 5.69 Å². The lowest BCUT2D eigenvalue weighted by Gasteiger charge is -2.10. The van der Waals surface area contributed by atoms with Gasteiger partial charge in [-0.05, 0) is 36.4 Å². The zero-order valence-electron chi connectivity index (χ0n) is 14.2. The van der Waals surface area contributed by atoms with Gasteiger partial charge in [0.2, 0.25) is 0 Å². The molecule has 3 amide bonds. The lowest BCUT2D eigenvalue weighted by atomic mass is 10.1. The number of carbonyl (C=O) groups excluding carboxylic acids is 3. The average Bonchev–Trinajstić information content (AvgIpc) is 2.91. The molecule has 1 heterocycles. The van der Waals surface area contributed by atoms with Gasteiger partial charge in [0.1, 0.15) is 11.5 Å². The Morgan fingerprint density at radius 2 is 1.85 bits per heavy atom. The van der Waals surface area contributed by atoms with Crippen molar-refractivity contribution in [3.05, 3.63) is 59.2 Å². The fourth-order valence-electron chi connectivity index (χ4n) is 2.72. The highest BCUT2D eigenvalue weighted by atomic mass is 16.5. The Morgan fingerprint density at radius 1 is 1.08 bits per heavy atom. The number of nitrogens with two attached hydrogens (primary N) is 1. The van der Waals surface area contributed by atoms with Crippen LogP contribution in [-0.4, -0.2) is 36.8 Å². The summed E-state index contributed by atoms with van der Waals surface area (Å²) < 4.78 is 10.4. The maximum Gasteiger partial charge on any atom is 0.270 e. The van der Waals surface area contributed by atoms with Crippen LogP contribution in [0.3, 0.4) is 0 Å². The zero-order valence-corrected chi connectivity index (χ0v) is 14.2. The molecule has 7 heteroatoms. The largest absolute Gasteiger partial charge is 0.497 e. The second-order valence-corrected chi connectivity index (χ2v) is 5.49. The van der Waals surface area contributed by atoms with Crippen LogP contribution >= 0.6 is 0 Å². The van der Waals surface area contributed by atoms with E-state index >= 15 is 0 Å². The van der Waals surface area contributed by atoms with E-state index in [0.29, 0.717) is 22.0 Å². The third-order valence-corrected chi connectivity index (χ3v) is 4.01. The standard InChI is InChI=1S/C19H16N2O5/c1-25-12-7-8-15(26-2)11(10-12)6-9-16(22)21-18(23)13-4-3-5-14(20)17(13)19(21)24/h3-10H,20H2,1-2H3/b9-6+. The number of benzene rings is 2. The van der Waals surface area contributed by atoms with Gasteiger partial charge in [-0.1, -0.05) is 6.07 Å². The van der Waals surface area contributed by atoms with E-state index in [4.69, 9.17) is 15.2 Å². The molecule has 0 radical (unpaired) electrons. The SMILES string of the molecule is COc1ccc(OC)c(/C=C/C(=O)N2C(=O)c3cccc(N)c3C2=O)c1. The van der Waals surface area contributed by atoms with Gasteiger partial charge < -0.3 is 15.2 Å². The predicted molar refractivity (Wildman–Crippen MR) is 94.9 cm³/mol. The summed E-state index contributed by atoms with van der Waals surface area (Å²) in [6.07, 6.45) is 2.59. The fraction of sp³-hybridized carbons (Fsp3) is 0.105. The van der Waals surface area contributed by atoms with Crippen molar-refractivity contribution < 1.29 is 23.9 Å². The summed E-state index contributed by atoms with van der Waals surface area (Å²) in [6, 6.07) is 9.60.